The maximum atomic E-state index is 12.5. The third-order valence-electron chi connectivity index (χ3n) is 3.16. The van der Waals surface area contributed by atoms with Gasteiger partial charge in [0.15, 0.2) is 0 Å². The maximum Gasteiger partial charge on any atom is 0.116 e. The molecule has 0 saturated heterocycles. The average Bonchev–Trinajstić information content (AvgIpc) is 2.67. The van der Waals surface area contributed by atoms with Gasteiger partial charge in [0.25, 0.3) is 0 Å². The molecule has 4 N–H and O–H groups in total. The van der Waals surface area contributed by atoms with E-state index in [4.69, 9.17) is 11.1 Å². The molecule has 1 aromatic heterocycles. The summed E-state index contributed by atoms with van der Waals surface area (Å²) >= 11 is 0. The molecule has 2 rings (SSSR count). The average molecular weight is 263 g/mol. The highest BCUT2D eigenvalue weighted by Gasteiger charge is 2.09. The number of phenolic OH excluding ortho intramolecular Hbond substituents is 1. The minimum atomic E-state index is -0.419. The Morgan fingerprint density at radius 3 is 2.89 bits per heavy atom. The van der Waals surface area contributed by atoms with Crippen LogP contribution in [-0.4, -0.2) is 22.2 Å². The zero-order valence-corrected chi connectivity index (χ0v) is 10.7. The monoisotopic (exact) mass is 263 g/mol. The zero-order chi connectivity index (χ0) is 13.8. The highest BCUT2D eigenvalue weighted by atomic mass is 19.1. The van der Waals surface area contributed by atoms with Crippen LogP contribution in [0.5, 0.6) is 5.75 Å². The Hall–Kier alpha value is -2.04. The number of phenols is 1. The molecule has 0 aliphatic carbocycles. The van der Waals surface area contributed by atoms with Crippen molar-refractivity contribution in [2.24, 2.45) is 5.73 Å². The molecule has 1 aromatic carbocycles. The molecule has 0 spiro atoms. The van der Waals surface area contributed by atoms with Crippen LogP contribution >= 0.6 is 0 Å². The largest absolute Gasteiger partial charge is 0.508 e. The molecule has 0 aliphatic rings. The molecule has 102 valence electrons. The molecule has 0 bridgehead atoms. The van der Waals surface area contributed by atoms with E-state index in [1.165, 1.54) is 0 Å². The molecular formula is C14H18FN3O. The van der Waals surface area contributed by atoms with Gasteiger partial charge in [-0.3, -0.25) is 5.41 Å². The Kier molecular flexibility index (Phi) is 4.04. The van der Waals surface area contributed by atoms with Crippen LogP contribution in [0.25, 0.3) is 10.9 Å². The fraction of sp³-hybridized carbons (Fsp3) is 0.357. The topological polar surface area (TPSA) is 75.0 Å². The second-order valence-corrected chi connectivity index (χ2v) is 4.62. The minimum Gasteiger partial charge on any atom is -0.508 e. The number of halogens is 1. The number of rotatable bonds is 6. The van der Waals surface area contributed by atoms with E-state index < -0.39 is 6.67 Å². The first-order valence-electron chi connectivity index (χ1n) is 6.31. The van der Waals surface area contributed by atoms with Crippen molar-refractivity contribution < 1.29 is 9.50 Å². The Labute approximate surface area is 111 Å². The number of nitrogens with zero attached hydrogens (tertiary/aromatic N) is 1. The quantitative estimate of drug-likeness (QED) is 0.553. The standard InChI is InChI=1S/C14H18FN3O/c15-6-7-18-9-10(2-1-3-14(16)17)12-8-11(19)4-5-13(12)18/h4-5,8-9,19H,1-3,6-7H2,(H3,16,17). The van der Waals surface area contributed by atoms with Gasteiger partial charge in [-0.1, -0.05) is 0 Å². The van der Waals surface area contributed by atoms with Gasteiger partial charge in [0.1, 0.15) is 12.4 Å². The van der Waals surface area contributed by atoms with E-state index in [1.807, 2.05) is 10.8 Å². The summed E-state index contributed by atoms with van der Waals surface area (Å²) in [6.07, 6.45) is 4.01. The van der Waals surface area contributed by atoms with Gasteiger partial charge in [-0.25, -0.2) is 4.39 Å². The molecule has 1 heterocycles. The number of nitrogens with two attached hydrogens (primary N) is 1. The molecule has 0 unspecified atom stereocenters. The van der Waals surface area contributed by atoms with Crippen molar-refractivity contribution in [2.75, 3.05) is 6.67 Å². The van der Waals surface area contributed by atoms with Gasteiger partial charge in [-0.05, 0) is 36.6 Å². The number of aromatic nitrogens is 1. The maximum absolute atomic E-state index is 12.5. The van der Waals surface area contributed by atoms with E-state index in [-0.39, 0.29) is 11.6 Å². The van der Waals surface area contributed by atoms with E-state index in [2.05, 4.69) is 0 Å². The summed E-state index contributed by atoms with van der Waals surface area (Å²) < 4.78 is 14.4. The summed E-state index contributed by atoms with van der Waals surface area (Å²) in [4.78, 5) is 0. The highest BCUT2D eigenvalue weighted by molar-refractivity contribution is 5.85. The fourth-order valence-electron chi connectivity index (χ4n) is 2.30. The number of hydrogen-bond donors (Lipinski definition) is 3. The van der Waals surface area contributed by atoms with E-state index in [9.17, 15) is 9.50 Å². The van der Waals surface area contributed by atoms with Crippen molar-refractivity contribution in [3.8, 4) is 5.75 Å². The number of alkyl halides is 1. The van der Waals surface area contributed by atoms with Crippen molar-refractivity contribution >= 4 is 16.7 Å². The fourth-order valence-corrected chi connectivity index (χ4v) is 2.30. The molecule has 2 aromatic rings. The number of fused-ring (bicyclic) bond motifs is 1. The van der Waals surface area contributed by atoms with Crippen LogP contribution in [-0.2, 0) is 13.0 Å². The number of aryl methyl sites for hydroxylation is 2. The molecule has 0 radical (unpaired) electrons. The molecule has 19 heavy (non-hydrogen) atoms. The summed E-state index contributed by atoms with van der Waals surface area (Å²) in [6, 6.07) is 5.11. The Morgan fingerprint density at radius 2 is 2.21 bits per heavy atom. The zero-order valence-electron chi connectivity index (χ0n) is 10.7. The molecule has 4 nitrogen and oxygen atoms in total. The number of nitrogens with one attached hydrogen (secondary N) is 1. The summed E-state index contributed by atoms with van der Waals surface area (Å²) in [5.41, 5.74) is 7.32. The normalized spacial score (nSPS) is 11.0. The molecule has 5 heteroatoms. The van der Waals surface area contributed by atoms with Crippen molar-refractivity contribution in [1.29, 1.82) is 5.41 Å². The number of aromatic hydroxyl groups is 1. The lowest BCUT2D eigenvalue weighted by Gasteiger charge is -2.01. The number of benzene rings is 1. The van der Waals surface area contributed by atoms with Crippen LogP contribution in [0.4, 0.5) is 4.39 Å². The van der Waals surface area contributed by atoms with Crippen LogP contribution in [0.2, 0.25) is 0 Å². The van der Waals surface area contributed by atoms with E-state index >= 15 is 0 Å². The van der Waals surface area contributed by atoms with Crippen molar-refractivity contribution in [2.45, 2.75) is 25.8 Å². The second kappa shape index (κ2) is 5.73. The third kappa shape index (κ3) is 3.05. The van der Waals surface area contributed by atoms with E-state index in [0.29, 0.717) is 13.0 Å². The predicted octanol–water partition coefficient (Wildman–Crippen LogP) is 2.58. The number of amidine groups is 1. The predicted molar refractivity (Wildman–Crippen MR) is 74.4 cm³/mol. The van der Waals surface area contributed by atoms with Crippen molar-refractivity contribution in [3.63, 3.8) is 0 Å². The lowest BCUT2D eigenvalue weighted by Crippen LogP contribution is -2.09. The molecule has 0 atom stereocenters. The summed E-state index contributed by atoms with van der Waals surface area (Å²) in [7, 11) is 0. The van der Waals surface area contributed by atoms with Gasteiger partial charge < -0.3 is 15.4 Å². The van der Waals surface area contributed by atoms with Crippen LogP contribution < -0.4 is 5.73 Å². The lowest BCUT2D eigenvalue weighted by atomic mass is 10.1. The SMILES string of the molecule is N=C(N)CCCc1cn(CCF)c2ccc(O)cc12. The Bertz CT molecular complexity index is 592. The Morgan fingerprint density at radius 1 is 1.42 bits per heavy atom. The van der Waals surface area contributed by atoms with Gasteiger partial charge in [0, 0.05) is 23.5 Å². The van der Waals surface area contributed by atoms with Gasteiger partial charge >= 0.3 is 0 Å². The van der Waals surface area contributed by atoms with Gasteiger partial charge in [0.2, 0.25) is 0 Å². The minimum absolute atomic E-state index is 0.176. The smallest absolute Gasteiger partial charge is 0.116 e. The van der Waals surface area contributed by atoms with Crippen molar-refractivity contribution in [3.05, 3.63) is 30.0 Å². The van der Waals surface area contributed by atoms with Gasteiger partial charge in [0.05, 0.1) is 12.4 Å². The van der Waals surface area contributed by atoms with Gasteiger partial charge in [-0.15, -0.1) is 0 Å². The molecular weight excluding hydrogens is 245 g/mol. The van der Waals surface area contributed by atoms with E-state index in [1.54, 1.807) is 18.2 Å². The molecule has 0 amide bonds. The Balaban J connectivity index is 2.30. The van der Waals surface area contributed by atoms with Crippen LogP contribution in [0.3, 0.4) is 0 Å². The lowest BCUT2D eigenvalue weighted by molar-refractivity contribution is 0.450. The molecule has 0 fully saturated rings. The van der Waals surface area contributed by atoms with E-state index in [0.717, 1.165) is 29.3 Å². The second-order valence-electron chi connectivity index (χ2n) is 4.62. The first kappa shape index (κ1) is 13.4. The number of hydrogen-bond acceptors (Lipinski definition) is 2. The summed E-state index contributed by atoms with van der Waals surface area (Å²) in [5.74, 6) is 0.383. The van der Waals surface area contributed by atoms with Crippen LogP contribution in [0, 0.1) is 5.41 Å². The molecule has 0 aliphatic heterocycles. The highest BCUT2D eigenvalue weighted by Crippen LogP contribution is 2.26. The summed E-state index contributed by atoms with van der Waals surface area (Å²) in [5, 5.41) is 17.7. The van der Waals surface area contributed by atoms with Gasteiger partial charge in [-0.2, -0.15) is 0 Å². The summed E-state index contributed by atoms with van der Waals surface area (Å²) in [6.45, 7) is -0.106. The van der Waals surface area contributed by atoms with Crippen LogP contribution in [0.15, 0.2) is 24.4 Å². The van der Waals surface area contributed by atoms with Crippen molar-refractivity contribution in [1.82, 2.24) is 4.57 Å². The first-order valence-corrected chi connectivity index (χ1v) is 6.31. The van der Waals surface area contributed by atoms with Crippen LogP contribution in [0.1, 0.15) is 18.4 Å². The molecule has 0 saturated carbocycles. The third-order valence-corrected chi connectivity index (χ3v) is 3.16. The first-order chi connectivity index (χ1) is 9.11.